The molecule has 3 nitrogen and oxygen atoms in total. The monoisotopic (exact) mass is 252 g/mol. The Labute approximate surface area is 106 Å². The van der Waals surface area contributed by atoms with Crippen molar-refractivity contribution in [3.05, 3.63) is 28.8 Å². The molecule has 0 aromatic heterocycles. The summed E-state index contributed by atoms with van der Waals surface area (Å²) in [5, 5.41) is 3.34. The molecule has 1 aromatic rings. The van der Waals surface area contributed by atoms with Crippen molar-refractivity contribution in [3.63, 3.8) is 0 Å². The van der Waals surface area contributed by atoms with Gasteiger partial charge < -0.3 is 11.1 Å². The Morgan fingerprint density at radius 3 is 2.76 bits per heavy atom. The second kappa shape index (κ2) is 4.57. The molecule has 0 heterocycles. The maximum atomic E-state index is 12.0. The fourth-order valence-corrected chi connectivity index (χ4v) is 2.24. The molecular formula is C13H17ClN2O. The van der Waals surface area contributed by atoms with E-state index in [1.807, 2.05) is 0 Å². The van der Waals surface area contributed by atoms with Crippen LogP contribution in [0.1, 0.15) is 36.5 Å². The van der Waals surface area contributed by atoms with Gasteiger partial charge in [0.15, 0.2) is 0 Å². The Kier molecular flexibility index (Phi) is 3.29. The number of rotatable bonds is 4. The predicted molar refractivity (Wildman–Crippen MR) is 70.2 cm³/mol. The molecule has 17 heavy (non-hydrogen) atoms. The van der Waals surface area contributed by atoms with Crippen molar-refractivity contribution < 1.29 is 4.79 Å². The van der Waals surface area contributed by atoms with Crippen LogP contribution in [0.15, 0.2) is 18.2 Å². The van der Waals surface area contributed by atoms with Gasteiger partial charge in [-0.15, -0.1) is 0 Å². The van der Waals surface area contributed by atoms with Crippen molar-refractivity contribution in [3.8, 4) is 0 Å². The van der Waals surface area contributed by atoms with Gasteiger partial charge in [-0.3, -0.25) is 4.79 Å². The molecule has 0 unspecified atom stereocenters. The SMILES string of the molecule is CCC1(CNC(=O)c2c(N)cccc2Cl)CC1. The van der Waals surface area contributed by atoms with Crippen LogP contribution in [0.5, 0.6) is 0 Å². The molecule has 92 valence electrons. The Balaban J connectivity index is 2.05. The van der Waals surface area contributed by atoms with Gasteiger partial charge >= 0.3 is 0 Å². The quantitative estimate of drug-likeness (QED) is 0.810. The minimum atomic E-state index is -0.173. The highest BCUT2D eigenvalue weighted by atomic mass is 35.5. The normalized spacial score (nSPS) is 16.6. The van der Waals surface area contributed by atoms with Crippen molar-refractivity contribution in [2.24, 2.45) is 5.41 Å². The fourth-order valence-electron chi connectivity index (χ4n) is 1.97. The first-order valence-corrected chi connectivity index (χ1v) is 6.28. The highest BCUT2D eigenvalue weighted by Crippen LogP contribution is 2.47. The number of nitrogens with one attached hydrogen (secondary N) is 1. The third-order valence-corrected chi connectivity index (χ3v) is 3.92. The Morgan fingerprint density at radius 2 is 2.24 bits per heavy atom. The van der Waals surface area contributed by atoms with Crippen LogP contribution in [0, 0.1) is 5.41 Å². The summed E-state index contributed by atoms with van der Waals surface area (Å²) >= 11 is 5.98. The van der Waals surface area contributed by atoms with Gasteiger partial charge in [0.05, 0.1) is 10.6 Å². The third-order valence-electron chi connectivity index (χ3n) is 3.60. The van der Waals surface area contributed by atoms with Crippen LogP contribution in [-0.2, 0) is 0 Å². The van der Waals surface area contributed by atoms with E-state index in [1.54, 1.807) is 18.2 Å². The molecule has 1 aromatic carbocycles. The van der Waals surface area contributed by atoms with Gasteiger partial charge in [0.25, 0.3) is 5.91 Å². The standard InChI is InChI=1S/C13H17ClN2O/c1-2-13(6-7-13)8-16-12(17)11-9(14)4-3-5-10(11)15/h3-5H,2,6-8,15H2,1H3,(H,16,17). The third kappa shape index (κ3) is 2.55. The zero-order chi connectivity index (χ0) is 12.5. The summed E-state index contributed by atoms with van der Waals surface area (Å²) in [6.45, 7) is 2.87. The molecule has 3 N–H and O–H groups in total. The molecule has 1 amide bonds. The van der Waals surface area contributed by atoms with Crippen LogP contribution >= 0.6 is 11.6 Å². The number of carbonyl (C=O) groups is 1. The van der Waals surface area contributed by atoms with Gasteiger partial charge in [0, 0.05) is 12.2 Å². The predicted octanol–water partition coefficient (Wildman–Crippen LogP) is 2.84. The Morgan fingerprint density at radius 1 is 1.53 bits per heavy atom. The van der Waals surface area contributed by atoms with E-state index in [4.69, 9.17) is 17.3 Å². The number of nitrogens with two attached hydrogens (primary N) is 1. The molecule has 0 radical (unpaired) electrons. The van der Waals surface area contributed by atoms with E-state index in [0.717, 1.165) is 6.42 Å². The van der Waals surface area contributed by atoms with E-state index >= 15 is 0 Å². The van der Waals surface area contributed by atoms with Gasteiger partial charge in [-0.2, -0.15) is 0 Å². The Bertz CT molecular complexity index is 421. The number of halogens is 1. The molecule has 0 saturated heterocycles. The molecule has 2 rings (SSSR count). The molecule has 1 aliphatic carbocycles. The van der Waals surface area contributed by atoms with Crippen molar-refractivity contribution in [2.75, 3.05) is 12.3 Å². The van der Waals surface area contributed by atoms with E-state index in [0.29, 0.717) is 28.2 Å². The van der Waals surface area contributed by atoms with Crippen LogP contribution in [0.25, 0.3) is 0 Å². The number of nitrogen functional groups attached to an aromatic ring is 1. The van der Waals surface area contributed by atoms with Crippen LogP contribution in [0.3, 0.4) is 0 Å². The van der Waals surface area contributed by atoms with Gasteiger partial charge in [0.2, 0.25) is 0 Å². The van der Waals surface area contributed by atoms with Gasteiger partial charge in [0.1, 0.15) is 0 Å². The summed E-state index contributed by atoms with van der Waals surface area (Å²) in [6.07, 6.45) is 3.49. The minimum Gasteiger partial charge on any atom is -0.398 e. The average Bonchev–Trinajstić information content (AvgIpc) is 3.07. The van der Waals surface area contributed by atoms with Crippen LogP contribution < -0.4 is 11.1 Å². The first-order valence-electron chi connectivity index (χ1n) is 5.90. The molecule has 0 bridgehead atoms. The molecule has 1 fully saturated rings. The minimum absolute atomic E-state index is 0.173. The van der Waals surface area contributed by atoms with Crippen molar-refractivity contribution in [1.29, 1.82) is 0 Å². The van der Waals surface area contributed by atoms with E-state index in [9.17, 15) is 4.79 Å². The zero-order valence-electron chi connectivity index (χ0n) is 9.92. The number of benzene rings is 1. The second-order valence-electron chi connectivity index (χ2n) is 4.74. The number of anilines is 1. The molecule has 0 aliphatic heterocycles. The van der Waals surface area contributed by atoms with Crippen LogP contribution in [0.4, 0.5) is 5.69 Å². The number of hydrogen-bond acceptors (Lipinski definition) is 2. The van der Waals surface area contributed by atoms with Gasteiger partial charge in [-0.05, 0) is 36.8 Å². The summed E-state index contributed by atoms with van der Waals surface area (Å²) in [5.74, 6) is -0.173. The molecule has 1 saturated carbocycles. The van der Waals surface area contributed by atoms with Crippen molar-refractivity contribution in [1.82, 2.24) is 5.32 Å². The fraction of sp³-hybridized carbons (Fsp3) is 0.462. The first-order chi connectivity index (χ1) is 8.08. The molecule has 4 heteroatoms. The van der Waals surface area contributed by atoms with E-state index < -0.39 is 0 Å². The maximum Gasteiger partial charge on any atom is 0.254 e. The van der Waals surface area contributed by atoms with E-state index in [1.165, 1.54) is 12.8 Å². The lowest BCUT2D eigenvalue weighted by molar-refractivity contribution is 0.0945. The number of carbonyl (C=O) groups excluding carboxylic acids is 1. The summed E-state index contributed by atoms with van der Waals surface area (Å²) in [4.78, 5) is 12.0. The molecule has 0 spiro atoms. The largest absolute Gasteiger partial charge is 0.398 e. The topological polar surface area (TPSA) is 55.1 Å². The van der Waals surface area contributed by atoms with Crippen molar-refractivity contribution in [2.45, 2.75) is 26.2 Å². The van der Waals surface area contributed by atoms with Crippen molar-refractivity contribution >= 4 is 23.2 Å². The number of hydrogen-bond donors (Lipinski definition) is 2. The summed E-state index contributed by atoms with van der Waals surface area (Å²) in [6, 6.07) is 5.11. The average molecular weight is 253 g/mol. The highest BCUT2D eigenvalue weighted by molar-refractivity contribution is 6.34. The summed E-state index contributed by atoms with van der Waals surface area (Å²) in [5.41, 5.74) is 6.91. The van der Waals surface area contributed by atoms with Crippen LogP contribution in [-0.4, -0.2) is 12.5 Å². The van der Waals surface area contributed by atoms with Crippen LogP contribution in [0.2, 0.25) is 5.02 Å². The molecule has 0 atom stereocenters. The lowest BCUT2D eigenvalue weighted by Crippen LogP contribution is -2.30. The first kappa shape index (κ1) is 12.2. The van der Waals surface area contributed by atoms with Gasteiger partial charge in [-0.1, -0.05) is 24.6 Å². The lowest BCUT2D eigenvalue weighted by atomic mass is 10.0. The van der Waals surface area contributed by atoms with E-state index in [2.05, 4.69) is 12.2 Å². The summed E-state index contributed by atoms with van der Waals surface area (Å²) < 4.78 is 0. The molecule has 1 aliphatic rings. The highest BCUT2D eigenvalue weighted by Gasteiger charge is 2.40. The lowest BCUT2D eigenvalue weighted by Gasteiger charge is -2.14. The second-order valence-corrected chi connectivity index (χ2v) is 5.15. The maximum absolute atomic E-state index is 12.0. The van der Waals surface area contributed by atoms with E-state index in [-0.39, 0.29) is 5.91 Å². The zero-order valence-corrected chi connectivity index (χ0v) is 10.7. The molecular weight excluding hydrogens is 236 g/mol. The Hall–Kier alpha value is -1.22. The smallest absolute Gasteiger partial charge is 0.254 e. The number of amides is 1. The summed E-state index contributed by atoms with van der Waals surface area (Å²) in [7, 11) is 0. The van der Waals surface area contributed by atoms with Gasteiger partial charge in [-0.25, -0.2) is 0 Å².